The van der Waals surface area contributed by atoms with Crippen LogP contribution >= 0.6 is 0 Å². The second-order valence-electron chi connectivity index (χ2n) is 7.78. The van der Waals surface area contributed by atoms with E-state index >= 15 is 0 Å². The zero-order valence-corrected chi connectivity index (χ0v) is 18.4. The lowest BCUT2D eigenvalue weighted by atomic mass is 10.1. The lowest BCUT2D eigenvalue weighted by molar-refractivity contribution is 0.0697. The van der Waals surface area contributed by atoms with E-state index in [4.69, 9.17) is 14.2 Å². The summed E-state index contributed by atoms with van der Waals surface area (Å²) in [5.74, 6) is 0.292. The van der Waals surface area contributed by atoms with E-state index in [1.165, 1.54) is 0 Å². The number of methoxy groups -OCH3 is 1. The number of rotatable bonds is 8. The number of hydrogen-bond donors (Lipinski definition) is 1. The van der Waals surface area contributed by atoms with Gasteiger partial charge in [0.15, 0.2) is 11.5 Å². The molecule has 3 aromatic rings. The van der Waals surface area contributed by atoms with Crippen LogP contribution in [-0.4, -0.2) is 47.3 Å². The highest BCUT2D eigenvalue weighted by atomic mass is 16.6. The third-order valence-corrected chi connectivity index (χ3v) is 5.46. The summed E-state index contributed by atoms with van der Waals surface area (Å²) in [6.45, 7) is 3.67. The summed E-state index contributed by atoms with van der Waals surface area (Å²) in [5.41, 5.74) is 3.74. The highest BCUT2D eigenvalue weighted by Crippen LogP contribution is 2.37. The molecule has 8 nitrogen and oxygen atoms in total. The van der Waals surface area contributed by atoms with Crippen LogP contribution in [0.1, 0.15) is 28.2 Å². The molecule has 0 amide bonds. The van der Waals surface area contributed by atoms with Crippen LogP contribution in [0.15, 0.2) is 48.5 Å². The number of anilines is 2. The van der Waals surface area contributed by atoms with Gasteiger partial charge in [-0.2, -0.15) is 5.10 Å². The Bertz CT molecular complexity index is 1100. The first kappa shape index (κ1) is 21.7. The molecule has 1 aromatic heterocycles. The third-order valence-electron chi connectivity index (χ3n) is 5.46. The number of aromatic nitrogens is 2. The molecule has 0 unspecified atom stereocenters. The lowest BCUT2D eigenvalue weighted by Gasteiger charge is -2.27. The molecule has 1 aliphatic heterocycles. The Balaban J connectivity index is 1.75. The van der Waals surface area contributed by atoms with Crippen molar-refractivity contribution in [2.75, 3.05) is 25.2 Å². The van der Waals surface area contributed by atoms with Crippen molar-refractivity contribution in [3.05, 3.63) is 65.5 Å². The minimum absolute atomic E-state index is 0.0253. The predicted molar refractivity (Wildman–Crippen MR) is 120 cm³/mol. The molecule has 0 aliphatic carbocycles. The monoisotopic (exact) mass is 437 g/mol. The van der Waals surface area contributed by atoms with E-state index in [0.29, 0.717) is 31.3 Å². The van der Waals surface area contributed by atoms with Gasteiger partial charge in [0.2, 0.25) is 0 Å². The van der Waals surface area contributed by atoms with Crippen molar-refractivity contribution in [1.82, 2.24) is 9.78 Å². The average Bonchev–Trinajstić information content (AvgIpc) is 3.40. The van der Waals surface area contributed by atoms with Gasteiger partial charge in [-0.05, 0) is 43.3 Å². The Hall–Kier alpha value is -3.52. The van der Waals surface area contributed by atoms with Crippen LogP contribution in [0, 0.1) is 6.92 Å². The normalized spacial score (nSPS) is 15.5. The molecule has 2 heterocycles. The molecule has 0 spiro atoms. The molecule has 1 fully saturated rings. The maximum absolute atomic E-state index is 11.6. The quantitative estimate of drug-likeness (QED) is 0.571. The second kappa shape index (κ2) is 9.32. The fourth-order valence-electron chi connectivity index (χ4n) is 3.82. The van der Waals surface area contributed by atoms with E-state index in [9.17, 15) is 9.90 Å². The van der Waals surface area contributed by atoms with Gasteiger partial charge in [-0.25, -0.2) is 4.79 Å². The van der Waals surface area contributed by atoms with Crippen molar-refractivity contribution >= 4 is 17.3 Å². The maximum Gasteiger partial charge on any atom is 0.335 e. The SMILES string of the molecule is COc1ccc(N(Cc2cc(C)nn2C)c2cccc(C(=O)O)c2)cc1O[C@@H]1CCOC1. The Morgan fingerprint density at radius 3 is 2.69 bits per heavy atom. The first-order chi connectivity index (χ1) is 15.4. The number of benzene rings is 2. The van der Waals surface area contributed by atoms with E-state index in [1.54, 1.807) is 25.3 Å². The van der Waals surface area contributed by atoms with Crippen LogP contribution in [0.25, 0.3) is 0 Å². The molecule has 0 saturated carbocycles. The Kier molecular flexibility index (Phi) is 6.32. The molecular formula is C24H27N3O5. The number of aryl methyl sites for hydroxylation is 2. The summed E-state index contributed by atoms with van der Waals surface area (Å²) in [5, 5.41) is 13.9. The zero-order valence-electron chi connectivity index (χ0n) is 18.4. The van der Waals surface area contributed by atoms with E-state index in [0.717, 1.165) is 29.2 Å². The first-order valence-electron chi connectivity index (χ1n) is 10.5. The average molecular weight is 437 g/mol. The summed E-state index contributed by atoms with van der Waals surface area (Å²) in [7, 11) is 3.51. The Morgan fingerprint density at radius 2 is 2.03 bits per heavy atom. The van der Waals surface area contributed by atoms with Crippen molar-refractivity contribution in [1.29, 1.82) is 0 Å². The molecule has 0 bridgehead atoms. The highest BCUT2D eigenvalue weighted by molar-refractivity contribution is 5.89. The Morgan fingerprint density at radius 1 is 1.22 bits per heavy atom. The van der Waals surface area contributed by atoms with Gasteiger partial charge in [-0.1, -0.05) is 6.07 Å². The van der Waals surface area contributed by atoms with Gasteiger partial charge in [-0.3, -0.25) is 4.68 Å². The number of carboxylic acids is 1. The number of carboxylic acid groups (broad SMARTS) is 1. The van der Waals surface area contributed by atoms with Gasteiger partial charge >= 0.3 is 5.97 Å². The van der Waals surface area contributed by atoms with E-state index in [1.807, 2.05) is 53.9 Å². The van der Waals surface area contributed by atoms with Gasteiger partial charge in [0, 0.05) is 30.9 Å². The van der Waals surface area contributed by atoms with Gasteiger partial charge in [0.1, 0.15) is 6.10 Å². The van der Waals surface area contributed by atoms with Crippen LogP contribution in [0.4, 0.5) is 11.4 Å². The van der Waals surface area contributed by atoms with Crippen molar-refractivity contribution in [2.24, 2.45) is 7.05 Å². The number of nitrogens with zero attached hydrogens (tertiary/aromatic N) is 3. The van der Waals surface area contributed by atoms with Gasteiger partial charge < -0.3 is 24.2 Å². The smallest absolute Gasteiger partial charge is 0.335 e. The van der Waals surface area contributed by atoms with Crippen LogP contribution < -0.4 is 14.4 Å². The molecule has 1 saturated heterocycles. The summed E-state index contributed by atoms with van der Waals surface area (Å²) in [6, 6.07) is 14.6. The van der Waals surface area contributed by atoms with Crippen molar-refractivity contribution in [3.8, 4) is 11.5 Å². The molecule has 32 heavy (non-hydrogen) atoms. The Labute approximate surface area is 186 Å². The highest BCUT2D eigenvalue weighted by Gasteiger charge is 2.21. The van der Waals surface area contributed by atoms with Crippen molar-refractivity contribution in [2.45, 2.75) is 26.0 Å². The largest absolute Gasteiger partial charge is 0.493 e. The van der Waals surface area contributed by atoms with E-state index < -0.39 is 5.97 Å². The standard InChI is InChI=1S/C24H27N3O5/c1-16-11-20(26(2)25-16)14-27(18-6-4-5-17(12-18)24(28)29)19-7-8-22(30-3)23(13-19)32-21-9-10-31-15-21/h4-8,11-13,21H,9-10,14-15H2,1-3H3,(H,28,29)/t21-/m1/s1. The topological polar surface area (TPSA) is 86.1 Å². The third kappa shape index (κ3) is 4.70. The number of carbonyl (C=O) groups is 1. The molecule has 1 atom stereocenters. The minimum atomic E-state index is -0.969. The fraction of sp³-hybridized carbons (Fsp3) is 0.333. The second-order valence-corrected chi connectivity index (χ2v) is 7.78. The van der Waals surface area contributed by atoms with Gasteiger partial charge in [-0.15, -0.1) is 0 Å². The molecule has 8 heteroatoms. The molecule has 1 N–H and O–H groups in total. The fourth-order valence-corrected chi connectivity index (χ4v) is 3.82. The molecule has 0 radical (unpaired) electrons. The molecule has 4 rings (SSSR count). The van der Waals surface area contributed by atoms with Gasteiger partial charge in [0.05, 0.1) is 43.8 Å². The first-order valence-corrected chi connectivity index (χ1v) is 10.5. The van der Waals surface area contributed by atoms with Crippen LogP contribution in [-0.2, 0) is 18.3 Å². The molecule has 2 aromatic carbocycles. The summed E-state index contributed by atoms with van der Waals surface area (Å²) in [4.78, 5) is 13.6. The number of hydrogen-bond acceptors (Lipinski definition) is 6. The summed E-state index contributed by atoms with van der Waals surface area (Å²) < 4.78 is 19.0. The number of aromatic carboxylic acids is 1. The molecule has 1 aliphatic rings. The number of ether oxygens (including phenoxy) is 3. The summed E-state index contributed by atoms with van der Waals surface area (Å²) in [6.07, 6.45) is 0.800. The van der Waals surface area contributed by atoms with E-state index in [2.05, 4.69) is 5.10 Å². The zero-order chi connectivity index (χ0) is 22.7. The minimum Gasteiger partial charge on any atom is -0.493 e. The maximum atomic E-state index is 11.6. The van der Waals surface area contributed by atoms with Crippen LogP contribution in [0.2, 0.25) is 0 Å². The van der Waals surface area contributed by atoms with Crippen molar-refractivity contribution in [3.63, 3.8) is 0 Å². The van der Waals surface area contributed by atoms with Crippen LogP contribution in [0.3, 0.4) is 0 Å². The molecular weight excluding hydrogens is 410 g/mol. The van der Waals surface area contributed by atoms with Crippen molar-refractivity contribution < 1.29 is 24.1 Å². The molecule has 168 valence electrons. The van der Waals surface area contributed by atoms with E-state index in [-0.39, 0.29) is 11.7 Å². The predicted octanol–water partition coefficient (Wildman–Crippen LogP) is 3.94. The lowest BCUT2D eigenvalue weighted by Crippen LogP contribution is -2.20. The summed E-state index contributed by atoms with van der Waals surface area (Å²) >= 11 is 0. The van der Waals surface area contributed by atoms with Crippen LogP contribution in [0.5, 0.6) is 11.5 Å². The van der Waals surface area contributed by atoms with Gasteiger partial charge in [0.25, 0.3) is 0 Å².